The summed E-state index contributed by atoms with van der Waals surface area (Å²) in [6.07, 6.45) is 3.85. The predicted molar refractivity (Wildman–Crippen MR) is 63.0 cm³/mol. The largest absolute Gasteiger partial charge is 0.388 e. The van der Waals surface area contributed by atoms with E-state index in [1.807, 2.05) is 6.07 Å². The molecule has 1 fully saturated rings. The minimum atomic E-state index is -0.596. The Hall–Kier alpha value is -1.09. The van der Waals surface area contributed by atoms with Gasteiger partial charge in [0.2, 0.25) is 0 Å². The van der Waals surface area contributed by atoms with E-state index in [0.717, 1.165) is 31.4 Å². The summed E-state index contributed by atoms with van der Waals surface area (Å²) >= 11 is 0. The van der Waals surface area contributed by atoms with Crippen LogP contribution in [0, 0.1) is 12.7 Å². The number of halogens is 1. The second-order valence-corrected chi connectivity index (χ2v) is 4.75. The van der Waals surface area contributed by atoms with Crippen LogP contribution in [0.2, 0.25) is 0 Å². The summed E-state index contributed by atoms with van der Waals surface area (Å²) in [4.78, 5) is 0. The van der Waals surface area contributed by atoms with Crippen LogP contribution < -0.4 is 5.32 Å². The minimum Gasteiger partial charge on any atom is -0.388 e. The maximum atomic E-state index is 13.3. The summed E-state index contributed by atoms with van der Waals surface area (Å²) < 4.78 is 13.3. The molecule has 0 amide bonds. The number of hydrogen-bond donors (Lipinski definition) is 2. The zero-order valence-electron chi connectivity index (χ0n) is 9.59. The lowest BCUT2D eigenvalue weighted by molar-refractivity contribution is 0.0614. The van der Waals surface area contributed by atoms with E-state index in [1.54, 1.807) is 13.0 Å². The van der Waals surface area contributed by atoms with Gasteiger partial charge in [-0.15, -0.1) is 0 Å². The molecule has 0 atom stereocenters. The number of nitrogens with one attached hydrogen (secondary N) is 1. The van der Waals surface area contributed by atoms with Crippen LogP contribution in [0.15, 0.2) is 18.2 Å². The maximum absolute atomic E-state index is 13.3. The molecule has 1 saturated carbocycles. The van der Waals surface area contributed by atoms with Gasteiger partial charge in [-0.3, -0.25) is 0 Å². The highest BCUT2D eigenvalue weighted by Crippen LogP contribution is 2.29. The first-order chi connectivity index (χ1) is 7.59. The Balaban J connectivity index is 1.96. The first kappa shape index (κ1) is 11.4. The molecule has 0 saturated heterocycles. The molecule has 1 aliphatic carbocycles. The molecule has 2 nitrogen and oxygen atoms in total. The van der Waals surface area contributed by atoms with Crippen LogP contribution in [0.5, 0.6) is 0 Å². The van der Waals surface area contributed by atoms with E-state index in [0.29, 0.717) is 12.1 Å². The molecule has 0 bridgehead atoms. The zero-order chi connectivity index (χ0) is 11.6. The maximum Gasteiger partial charge on any atom is 0.128 e. The lowest BCUT2D eigenvalue weighted by Gasteiger charge is -2.23. The van der Waals surface area contributed by atoms with Crippen molar-refractivity contribution in [2.75, 3.05) is 11.9 Å². The summed E-state index contributed by atoms with van der Waals surface area (Å²) in [6, 6.07) is 5.07. The van der Waals surface area contributed by atoms with E-state index >= 15 is 0 Å². The molecular weight excluding hydrogens is 205 g/mol. The first-order valence-electron chi connectivity index (χ1n) is 5.81. The van der Waals surface area contributed by atoms with Gasteiger partial charge in [-0.05, 0) is 37.5 Å². The highest BCUT2D eigenvalue weighted by Gasteiger charge is 2.30. The van der Waals surface area contributed by atoms with Gasteiger partial charge in [-0.25, -0.2) is 4.39 Å². The summed E-state index contributed by atoms with van der Waals surface area (Å²) in [5.41, 5.74) is 0.787. The molecule has 2 N–H and O–H groups in total. The van der Waals surface area contributed by atoms with Gasteiger partial charge < -0.3 is 10.4 Å². The van der Waals surface area contributed by atoms with Gasteiger partial charge in [0, 0.05) is 12.2 Å². The van der Waals surface area contributed by atoms with Crippen molar-refractivity contribution in [3.63, 3.8) is 0 Å². The second kappa shape index (κ2) is 4.42. The van der Waals surface area contributed by atoms with Crippen molar-refractivity contribution in [2.45, 2.75) is 38.2 Å². The fourth-order valence-electron chi connectivity index (χ4n) is 2.18. The Bertz CT molecular complexity index is 372. The Kier molecular flexibility index (Phi) is 3.15. The first-order valence-corrected chi connectivity index (χ1v) is 5.81. The van der Waals surface area contributed by atoms with Gasteiger partial charge in [0.1, 0.15) is 5.82 Å². The minimum absolute atomic E-state index is 0.205. The van der Waals surface area contributed by atoms with Crippen molar-refractivity contribution in [1.29, 1.82) is 0 Å². The topological polar surface area (TPSA) is 32.3 Å². The molecule has 0 spiro atoms. The van der Waals surface area contributed by atoms with Gasteiger partial charge in [0.15, 0.2) is 0 Å². The average Bonchev–Trinajstić information content (AvgIpc) is 2.68. The smallest absolute Gasteiger partial charge is 0.128 e. The third kappa shape index (κ3) is 2.53. The van der Waals surface area contributed by atoms with Crippen LogP contribution in [-0.2, 0) is 0 Å². The van der Waals surface area contributed by atoms with Gasteiger partial charge in [0.25, 0.3) is 0 Å². The average molecular weight is 223 g/mol. The quantitative estimate of drug-likeness (QED) is 0.825. The summed E-state index contributed by atoms with van der Waals surface area (Å²) in [7, 11) is 0. The third-order valence-electron chi connectivity index (χ3n) is 3.33. The van der Waals surface area contributed by atoms with Crippen LogP contribution in [-0.4, -0.2) is 17.3 Å². The molecule has 1 aromatic rings. The van der Waals surface area contributed by atoms with Crippen molar-refractivity contribution >= 4 is 5.69 Å². The van der Waals surface area contributed by atoms with Crippen molar-refractivity contribution < 1.29 is 9.50 Å². The van der Waals surface area contributed by atoms with Crippen molar-refractivity contribution in [1.82, 2.24) is 0 Å². The van der Waals surface area contributed by atoms with Gasteiger partial charge >= 0.3 is 0 Å². The molecule has 1 aliphatic rings. The fourth-order valence-corrected chi connectivity index (χ4v) is 2.18. The summed E-state index contributed by atoms with van der Waals surface area (Å²) in [5, 5.41) is 13.2. The molecule has 88 valence electrons. The van der Waals surface area contributed by atoms with Crippen LogP contribution in [0.1, 0.15) is 31.2 Å². The van der Waals surface area contributed by atoms with E-state index < -0.39 is 5.60 Å². The van der Waals surface area contributed by atoms with E-state index in [2.05, 4.69) is 5.32 Å². The van der Waals surface area contributed by atoms with Crippen LogP contribution in [0.3, 0.4) is 0 Å². The Labute approximate surface area is 95.5 Å². The molecule has 3 heteroatoms. The van der Waals surface area contributed by atoms with E-state index in [-0.39, 0.29) is 5.82 Å². The van der Waals surface area contributed by atoms with Crippen molar-refractivity contribution in [2.24, 2.45) is 0 Å². The summed E-state index contributed by atoms with van der Waals surface area (Å²) in [6.45, 7) is 2.25. The summed E-state index contributed by atoms with van der Waals surface area (Å²) in [5.74, 6) is -0.205. The van der Waals surface area contributed by atoms with Crippen molar-refractivity contribution in [3.8, 4) is 0 Å². The molecular formula is C13H18FNO. The number of hydrogen-bond acceptors (Lipinski definition) is 2. The van der Waals surface area contributed by atoms with E-state index in [4.69, 9.17) is 0 Å². The lowest BCUT2D eigenvalue weighted by atomic mass is 10.0. The monoisotopic (exact) mass is 223 g/mol. The SMILES string of the molecule is Cc1ccc(NCC2(O)CCCC2)cc1F. The molecule has 16 heavy (non-hydrogen) atoms. The Morgan fingerprint density at radius 2 is 2.06 bits per heavy atom. The van der Waals surface area contributed by atoms with Crippen molar-refractivity contribution in [3.05, 3.63) is 29.6 Å². The fraction of sp³-hybridized carbons (Fsp3) is 0.538. The van der Waals surface area contributed by atoms with Crippen LogP contribution in [0.4, 0.5) is 10.1 Å². The van der Waals surface area contributed by atoms with Gasteiger partial charge in [0.05, 0.1) is 5.60 Å². The second-order valence-electron chi connectivity index (χ2n) is 4.75. The third-order valence-corrected chi connectivity index (χ3v) is 3.33. The Morgan fingerprint density at radius 1 is 1.38 bits per heavy atom. The van der Waals surface area contributed by atoms with Gasteiger partial charge in [-0.1, -0.05) is 18.9 Å². The van der Waals surface area contributed by atoms with Crippen LogP contribution >= 0.6 is 0 Å². The van der Waals surface area contributed by atoms with Crippen LogP contribution in [0.25, 0.3) is 0 Å². The highest BCUT2D eigenvalue weighted by molar-refractivity contribution is 5.45. The molecule has 0 unspecified atom stereocenters. The highest BCUT2D eigenvalue weighted by atomic mass is 19.1. The van der Waals surface area contributed by atoms with Gasteiger partial charge in [-0.2, -0.15) is 0 Å². The molecule has 1 aromatic carbocycles. The number of rotatable bonds is 3. The standard InChI is InChI=1S/C13H18FNO/c1-10-4-5-11(8-12(10)14)15-9-13(16)6-2-3-7-13/h4-5,8,15-16H,2-3,6-7,9H2,1H3. The molecule has 0 heterocycles. The molecule has 0 aliphatic heterocycles. The molecule has 0 aromatic heterocycles. The number of aliphatic hydroxyl groups is 1. The number of benzene rings is 1. The number of anilines is 1. The molecule has 2 rings (SSSR count). The molecule has 0 radical (unpaired) electrons. The van der Waals surface area contributed by atoms with E-state index in [1.165, 1.54) is 6.07 Å². The van der Waals surface area contributed by atoms with E-state index in [9.17, 15) is 9.50 Å². The predicted octanol–water partition coefficient (Wildman–Crippen LogP) is 2.85. The zero-order valence-corrected chi connectivity index (χ0v) is 9.59. The lowest BCUT2D eigenvalue weighted by Crippen LogP contribution is -2.33. The number of aryl methyl sites for hydroxylation is 1. The normalized spacial score (nSPS) is 18.7. The Morgan fingerprint density at radius 3 is 2.69 bits per heavy atom.